The minimum atomic E-state index is 0.182. The molecule has 0 spiro atoms. The van der Waals surface area contributed by atoms with Crippen LogP contribution in [0.4, 0.5) is 11.8 Å². The molecule has 7 nitrogen and oxygen atoms in total. The van der Waals surface area contributed by atoms with E-state index in [9.17, 15) is 0 Å². The fourth-order valence-corrected chi connectivity index (χ4v) is 4.77. The van der Waals surface area contributed by atoms with E-state index in [1.165, 1.54) is 25.0 Å². The fraction of sp³-hybridized carbons (Fsp3) is 0.370. The predicted molar refractivity (Wildman–Crippen MR) is 139 cm³/mol. The molecule has 2 aromatic carbocycles. The molecule has 0 atom stereocenters. The highest BCUT2D eigenvalue weighted by atomic mass is 16.4. The number of aromatic nitrogens is 3. The smallest absolute Gasteiger partial charge is 0.292 e. The van der Waals surface area contributed by atoms with E-state index >= 15 is 0 Å². The Balaban J connectivity index is 0.00000117. The third-order valence-corrected chi connectivity index (χ3v) is 6.71. The normalized spacial score (nSPS) is 16.3. The van der Waals surface area contributed by atoms with Crippen LogP contribution in [0.15, 0.2) is 59.3 Å². The fourth-order valence-electron chi connectivity index (χ4n) is 4.77. The topological polar surface area (TPSA) is 84.3 Å². The van der Waals surface area contributed by atoms with Crippen molar-refractivity contribution >= 4 is 34.0 Å². The lowest BCUT2D eigenvalue weighted by Crippen LogP contribution is -2.51. The number of benzene rings is 2. The summed E-state index contributed by atoms with van der Waals surface area (Å²) in [6.07, 6.45) is 5.79. The van der Waals surface area contributed by atoms with Crippen LogP contribution < -0.4 is 10.6 Å². The van der Waals surface area contributed by atoms with E-state index in [0.717, 1.165) is 59.7 Å². The molecule has 6 rings (SSSR count). The molecule has 4 aromatic rings. The molecule has 34 heavy (non-hydrogen) atoms. The number of oxazole rings is 1. The Morgan fingerprint density at radius 2 is 1.65 bits per heavy atom. The van der Waals surface area contributed by atoms with Gasteiger partial charge in [-0.3, -0.25) is 4.98 Å². The van der Waals surface area contributed by atoms with Gasteiger partial charge in [-0.2, -0.15) is 4.98 Å². The van der Waals surface area contributed by atoms with Crippen molar-refractivity contribution < 1.29 is 4.42 Å². The maximum Gasteiger partial charge on any atom is 0.292 e. The van der Waals surface area contributed by atoms with E-state index in [0.29, 0.717) is 11.5 Å². The Hall–Kier alpha value is -3.61. The standard InChI is InChI=1S/C25H26N6O.C2H6/c1-16(30-9-3-2-4-10-30)19-14-31(15-19)24-13-27-20-7-5-17(11-21(20)28-24)18-6-8-23-22(12-18)29-25(26)32-23;1-2/h5-8,11-13,19H,1-4,9-10,14-15H2,(H2,26,29);1-2H3. The Bertz CT molecular complexity index is 1320. The molecule has 0 unspecified atom stereocenters. The van der Waals surface area contributed by atoms with Crippen molar-refractivity contribution in [1.29, 1.82) is 0 Å². The van der Waals surface area contributed by atoms with Gasteiger partial charge in [0.2, 0.25) is 0 Å². The Labute approximate surface area is 200 Å². The first-order valence-electron chi connectivity index (χ1n) is 12.3. The summed E-state index contributed by atoms with van der Waals surface area (Å²) in [7, 11) is 0. The molecule has 2 fully saturated rings. The van der Waals surface area contributed by atoms with Crippen LogP contribution in [0.5, 0.6) is 0 Å². The molecule has 2 N–H and O–H groups in total. The third-order valence-electron chi connectivity index (χ3n) is 6.71. The highest BCUT2D eigenvalue weighted by Crippen LogP contribution is 2.32. The highest BCUT2D eigenvalue weighted by molar-refractivity contribution is 5.86. The van der Waals surface area contributed by atoms with Gasteiger partial charge in [-0.15, -0.1) is 0 Å². The van der Waals surface area contributed by atoms with Gasteiger partial charge in [-0.25, -0.2) is 4.98 Å². The number of hydrogen-bond donors (Lipinski definition) is 1. The zero-order valence-corrected chi connectivity index (χ0v) is 20.0. The van der Waals surface area contributed by atoms with Crippen molar-refractivity contribution in [3.05, 3.63) is 54.9 Å². The minimum absolute atomic E-state index is 0.182. The van der Waals surface area contributed by atoms with Crippen molar-refractivity contribution in [2.45, 2.75) is 33.1 Å². The average Bonchev–Trinajstić information content (AvgIpc) is 3.23. The number of hydrogen-bond acceptors (Lipinski definition) is 7. The number of anilines is 2. The summed E-state index contributed by atoms with van der Waals surface area (Å²) < 4.78 is 5.38. The van der Waals surface area contributed by atoms with Gasteiger partial charge in [0.1, 0.15) is 11.3 Å². The van der Waals surface area contributed by atoms with Crippen LogP contribution in [0.2, 0.25) is 0 Å². The predicted octanol–water partition coefficient (Wildman–Crippen LogP) is 5.48. The lowest BCUT2D eigenvalue weighted by atomic mass is 9.94. The first kappa shape index (κ1) is 22.2. The SMILES string of the molecule is C=C(C1CN(c2cnc3ccc(-c4ccc5oc(N)nc5c4)cc3n2)C1)N1CCCCC1.CC. The number of nitrogen functional groups attached to an aromatic ring is 1. The first-order valence-corrected chi connectivity index (χ1v) is 12.3. The van der Waals surface area contributed by atoms with Gasteiger partial charge >= 0.3 is 0 Å². The first-order chi connectivity index (χ1) is 16.6. The minimum Gasteiger partial charge on any atom is -0.424 e. The zero-order chi connectivity index (χ0) is 23.7. The van der Waals surface area contributed by atoms with E-state index in [4.69, 9.17) is 15.1 Å². The van der Waals surface area contributed by atoms with Crippen molar-refractivity contribution in [2.24, 2.45) is 5.92 Å². The lowest BCUT2D eigenvalue weighted by Gasteiger charge is -2.45. The van der Waals surface area contributed by atoms with E-state index in [1.807, 2.05) is 44.3 Å². The van der Waals surface area contributed by atoms with E-state index < -0.39 is 0 Å². The number of fused-ring (bicyclic) bond motifs is 2. The summed E-state index contributed by atoms with van der Waals surface area (Å²) >= 11 is 0. The molecule has 2 aliphatic rings. The Kier molecular flexibility index (Phi) is 6.09. The molecule has 176 valence electrons. The summed E-state index contributed by atoms with van der Waals surface area (Å²) in [5.74, 6) is 1.44. The summed E-state index contributed by atoms with van der Waals surface area (Å²) in [4.78, 5) is 18.6. The molecule has 4 heterocycles. The maximum atomic E-state index is 5.68. The highest BCUT2D eigenvalue weighted by Gasteiger charge is 2.32. The summed E-state index contributed by atoms with van der Waals surface area (Å²) in [5, 5.41) is 0. The number of nitrogens with two attached hydrogens (primary N) is 1. The number of piperidine rings is 1. The molecule has 0 bridgehead atoms. The van der Waals surface area contributed by atoms with Crippen LogP contribution in [0, 0.1) is 5.92 Å². The zero-order valence-electron chi connectivity index (χ0n) is 20.0. The Morgan fingerprint density at radius 3 is 2.41 bits per heavy atom. The molecular formula is C27H32N6O. The largest absolute Gasteiger partial charge is 0.424 e. The van der Waals surface area contributed by atoms with Crippen LogP contribution in [0.25, 0.3) is 33.3 Å². The second-order valence-electron chi connectivity index (χ2n) is 8.81. The molecule has 0 amide bonds. The number of rotatable bonds is 4. The molecule has 2 saturated heterocycles. The van der Waals surface area contributed by atoms with Gasteiger partial charge in [0.05, 0.1) is 17.2 Å². The molecular weight excluding hydrogens is 424 g/mol. The summed E-state index contributed by atoms with van der Waals surface area (Å²) in [6, 6.07) is 12.2. The second kappa shape index (κ2) is 9.33. The Morgan fingerprint density at radius 1 is 0.941 bits per heavy atom. The third kappa shape index (κ3) is 4.18. The van der Waals surface area contributed by atoms with Gasteiger partial charge in [0.25, 0.3) is 6.01 Å². The number of likely N-dealkylation sites (tertiary alicyclic amines) is 1. The summed E-state index contributed by atoms with van der Waals surface area (Å²) in [6.45, 7) is 12.6. The molecule has 0 aliphatic carbocycles. The van der Waals surface area contributed by atoms with Crippen LogP contribution in [-0.4, -0.2) is 46.0 Å². The van der Waals surface area contributed by atoms with E-state index in [-0.39, 0.29) is 6.01 Å². The van der Waals surface area contributed by atoms with Crippen molar-refractivity contribution in [1.82, 2.24) is 19.9 Å². The van der Waals surface area contributed by atoms with Gasteiger partial charge < -0.3 is 20.0 Å². The maximum absolute atomic E-state index is 5.68. The second-order valence-corrected chi connectivity index (χ2v) is 8.81. The molecule has 2 aliphatic heterocycles. The van der Waals surface area contributed by atoms with Crippen molar-refractivity contribution in [2.75, 3.05) is 36.8 Å². The summed E-state index contributed by atoms with van der Waals surface area (Å²) in [5.41, 5.74) is 12.3. The van der Waals surface area contributed by atoms with Gasteiger partial charge in [-0.1, -0.05) is 32.6 Å². The van der Waals surface area contributed by atoms with E-state index in [1.54, 1.807) is 0 Å². The molecule has 2 aromatic heterocycles. The van der Waals surface area contributed by atoms with Crippen LogP contribution >= 0.6 is 0 Å². The van der Waals surface area contributed by atoms with E-state index in [2.05, 4.69) is 38.5 Å². The van der Waals surface area contributed by atoms with Crippen LogP contribution in [0.3, 0.4) is 0 Å². The van der Waals surface area contributed by atoms with Gasteiger partial charge in [0.15, 0.2) is 5.58 Å². The lowest BCUT2D eigenvalue weighted by molar-refractivity contribution is 0.242. The quantitative estimate of drug-likeness (QED) is 0.435. The number of nitrogens with zero attached hydrogens (tertiary/aromatic N) is 5. The van der Waals surface area contributed by atoms with Crippen LogP contribution in [0.1, 0.15) is 33.1 Å². The van der Waals surface area contributed by atoms with Gasteiger partial charge in [-0.05, 0) is 54.7 Å². The van der Waals surface area contributed by atoms with Crippen LogP contribution in [-0.2, 0) is 0 Å². The van der Waals surface area contributed by atoms with Gasteiger partial charge in [0, 0.05) is 37.8 Å². The molecule has 0 radical (unpaired) electrons. The average molecular weight is 457 g/mol. The van der Waals surface area contributed by atoms with Crippen molar-refractivity contribution in [3.8, 4) is 11.1 Å². The monoisotopic (exact) mass is 456 g/mol. The molecule has 0 saturated carbocycles. The van der Waals surface area contributed by atoms with Crippen molar-refractivity contribution in [3.63, 3.8) is 0 Å². The molecule has 7 heteroatoms.